The lowest BCUT2D eigenvalue weighted by molar-refractivity contribution is -0.122. The van der Waals surface area contributed by atoms with E-state index in [2.05, 4.69) is 22.7 Å². The highest BCUT2D eigenvalue weighted by Gasteiger charge is 2.48. The molecule has 0 saturated heterocycles. The highest BCUT2D eigenvalue weighted by Crippen LogP contribution is 2.40. The van der Waals surface area contributed by atoms with Crippen molar-refractivity contribution in [1.29, 1.82) is 0 Å². The third-order valence-corrected chi connectivity index (χ3v) is 4.33. The molecule has 24 heavy (non-hydrogen) atoms. The van der Waals surface area contributed by atoms with E-state index in [0.29, 0.717) is 18.0 Å². The zero-order valence-electron chi connectivity index (χ0n) is 14.1. The van der Waals surface area contributed by atoms with Crippen LogP contribution in [0.15, 0.2) is 28.8 Å². The minimum Gasteiger partial charge on any atom is -0.360 e. The summed E-state index contributed by atoms with van der Waals surface area (Å²) in [6, 6.07) is 7.61. The smallest absolute Gasteiger partial charge is 0.229 e. The molecule has 6 nitrogen and oxygen atoms in total. The van der Waals surface area contributed by atoms with Crippen LogP contribution in [0.5, 0.6) is 0 Å². The van der Waals surface area contributed by atoms with Gasteiger partial charge in [-0.05, 0) is 37.8 Å². The molecular formula is C18H21N3O3. The Morgan fingerprint density at radius 2 is 1.92 bits per heavy atom. The van der Waals surface area contributed by atoms with Crippen molar-refractivity contribution in [2.45, 2.75) is 33.6 Å². The molecule has 126 valence electrons. The van der Waals surface area contributed by atoms with Crippen molar-refractivity contribution in [2.24, 2.45) is 11.8 Å². The van der Waals surface area contributed by atoms with Gasteiger partial charge >= 0.3 is 0 Å². The Morgan fingerprint density at radius 3 is 2.54 bits per heavy atom. The van der Waals surface area contributed by atoms with Crippen LogP contribution in [0.2, 0.25) is 0 Å². The van der Waals surface area contributed by atoms with Gasteiger partial charge in [0.25, 0.3) is 0 Å². The minimum atomic E-state index is -0.309. The number of para-hydroxylation sites is 1. The monoisotopic (exact) mass is 327 g/mol. The second-order valence-electron chi connectivity index (χ2n) is 6.21. The van der Waals surface area contributed by atoms with Crippen LogP contribution in [0.25, 0.3) is 0 Å². The first-order valence-electron chi connectivity index (χ1n) is 8.13. The maximum absolute atomic E-state index is 12.4. The lowest BCUT2D eigenvalue weighted by atomic mass is 10.1. The van der Waals surface area contributed by atoms with Gasteiger partial charge in [-0.2, -0.15) is 0 Å². The molecule has 2 atom stereocenters. The van der Waals surface area contributed by atoms with Crippen LogP contribution < -0.4 is 10.6 Å². The van der Waals surface area contributed by atoms with E-state index >= 15 is 0 Å². The van der Waals surface area contributed by atoms with Crippen molar-refractivity contribution in [3.63, 3.8) is 0 Å². The molecule has 2 aromatic rings. The largest absolute Gasteiger partial charge is 0.360 e. The highest BCUT2D eigenvalue weighted by atomic mass is 16.5. The van der Waals surface area contributed by atoms with E-state index in [4.69, 9.17) is 4.52 Å². The molecule has 1 saturated carbocycles. The van der Waals surface area contributed by atoms with Crippen molar-refractivity contribution < 1.29 is 14.1 Å². The Hall–Kier alpha value is -2.63. The third kappa shape index (κ3) is 3.32. The van der Waals surface area contributed by atoms with Gasteiger partial charge in [-0.1, -0.05) is 30.3 Å². The standard InChI is InChI=1S/C18H21N3O3/c1-4-12-7-5-6-10(2)16(12)20-18(23)14-9-13(14)17(22)19-15-8-11(3)24-21-15/h5-8,13-14H,4,9H2,1-3H3,(H,20,23)(H,19,21,22). The molecule has 0 radical (unpaired) electrons. The van der Waals surface area contributed by atoms with E-state index in [1.54, 1.807) is 13.0 Å². The fraction of sp³-hybridized carbons (Fsp3) is 0.389. The van der Waals surface area contributed by atoms with E-state index in [-0.39, 0.29) is 23.7 Å². The van der Waals surface area contributed by atoms with Gasteiger partial charge in [0, 0.05) is 11.8 Å². The Bertz CT molecular complexity index is 782. The van der Waals surface area contributed by atoms with E-state index < -0.39 is 0 Å². The van der Waals surface area contributed by atoms with Crippen LogP contribution in [-0.4, -0.2) is 17.0 Å². The van der Waals surface area contributed by atoms with Crippen LogP contribution in [-0.2, 0) is 16.0 Å². The quantitative estimate of drug-likeness (QED) is 0.884. The molecule has 6 heteroatoms. The molecule has 0 bridgehead atoms. The predicted molar refractivity (Wildman–Crippen MR) is 90.7 cm³/mol. The van der Waals surface area contributed by atoms with E-state index in [0.717, 1.165) is 23.2 Å². The number of nitrogens with zero attached hydrogens (tertiary/aromatic N) is 1. The number of hydrogen-bond acceptors (Lipinski definition) is 4. The first kappa shape index (κ1) is 16.2. The van der Waals surface area contributed by atoms with E-state index in [1.165, 1.54) is 0 Å². The van der Waals surface area contributed by atoms with Crippen LogP contribution in [0.3, 0.4) is 0 Å². The maximum atomic E-state index is 12.4. The number of hydrogen-bond donors (Lipinski definition) is 2. The van der Waals surface area contributed by atoms with Crippen molar-refractivity contribution >= 4 is 23.3 Å². The van der Waals surface area contributed by atoms with Gasteiger partial charge in [0.05, 0.1) is 11.8 Å². The molecule has 2 unspecified atom stereocenters. The lowest BCUT2D eigenvalue weighted by Crippen LogP contribution is -2.21. The number of carbonyl (C=O) groups excluding carboxylic acids is 2. The number of aryl methyl sites for hydroxylation is 3. The van der Waals surface area contributed by atoms with Crippen molar-refractivity contribution in [1.82, 2.24) is 5.16 Å². The van der Waals surface area contributed by atoms with Crippen LogP contribution in [0, 0.1) is 25.7 Å². The van der Waals surface area contributed by atoms with Crippen molar-refractivity contribution in [2.75, 3.05) is 10.6 Å². The molecule has 2 N–H and O–H groups in total. The van der Waals surface area contributed by atoms with Crippen LogP contribution in [0.1, 0.15) is 30.2 Å². The Morgan fingerprint density at radius 1 is 1.21 bits per heavy atom. The normalized spacial score (nSPS) is 19.0. The summed E-state index contributed by atoms with van der Waals surface area (Å²) in [4.78, 5) is 24.6. The molecule has 0 spiro atoms. The van der Waals surface area contributed by atoms with Gasteiger partial charge in [-0.15, -0.1) is 0 Å². The van der Waals surface area contributed by atoms with E-state index in [1.807, 2.05) is 25.1 Å². The second kappa shape index (κ2) is 6.47. The molecular weight excluding hydrogens is 306 g/mol. The molecule has 0 aliphatic heterocycles. The molecule has 1 fully saturated rings. The van der Waals surface area contributed by atoms with Gasteiger partial charge in [0.1, 0.15) is 5.76 Å². The summed E-state index contributed by atoms with van der Waals surface area (Å²) < 4.78 is 4.91. The molecule has 1 aromatic carbocycles. The van der Waals surface area contributed by atoms with Gasteiger partial charge in [-0.25, -0.2) is 0 Å². The zero-order chi connectivity index (χ0) is 17.3. The summed E-state index contributed by atoms with van der Waals surface area (Å²) in [5.74, 6) is 0.121. The van der Waals surface area contributed by atoms with Gasteiger partial charge in [0.15, 0.2) is 5.82 Å². The highest BCUT2D eigenvalue weighted by molar-refractivity contribution is 6.03. The molecule has 1 aliphatic carbocycles. The summed E-state index contributed by atoms with van der Waals surface area (Å²) in [7, 11) is 0. The fourth-order valence-corrected chi connectivity index (χ4v) is 2.84. The number of amides is 2. The average molecular weight is 327 g/mol. The number of carbonyl (C=O) groups is 2. The molecule has 2 amide bonds. The zero-order valence-corrected chi connectivity index (χ0v) is 14.1. The predicted octanol–water partition coefficient (Wildman–Crippen LogP) is 3.07. The number of aromatic nitrogens is 1. The molecule has 1 heterocycles. The van der Waals surface area contributed by atoms with Gasteiger partial charge in [0.2, 0.25) is 11.8 Å². The van der Waals surface area contributed by atoms with Gasteiger partial charge < -0.3 is 15.2 Å². The molecule has 3 rings (SSSR count). The number of benzene rings is 1. The Labute approximate surface area is 140 Å². The summed E-state index contributed by atoms with van der Waals surface area (Å²) >= 11 is 0. The van der Waals surface area contributed by atoms with Gasteiger partial charge in [-0.3, -0.25) is 9.59 Å². The Balaban J connectivity index is 1.61. The van der Waals surface area contributed by atoms with Crippen LogP contribution in [0.4, 0.5) is 11.5 Å². The van der Waals surface area contributed by atoms with E-state index in [9.17, 15) is 9.59 Å². The fourth-order valence-electron chi connectivity index (χ4n) is 2.84. The topological polar surface area (TPSA) is 84.2 Å². The average Bonchev–Trinajstić information content (AvgIpc) is 3.26. The third-order valence-electron chi connectivity index (χ3n) is 4.33. The number of nitrogens with one attached hydrogen (secondary N) is 2. The van der Waals surface area contributed by atoms with Crippen LogP contribution >= 0.6 is 0 Å². The first-order valence-corrected chi connectivity index (χ1v) is 8.13. The number of rotatable bonds is 5. The SMILES string of the molecule is CCc1cccc(C)c1NC(=O)C1CC1C(=O)Nc1cc(C)on1. The second-order valence-corrected chi connectivity index (χ2v) is 6.21. The number of anilines is 2. The molecule has 1 aliphatic rings. The van der Waals surface area contributed by atoms with Crippen molar-refractivity contribution in [3.8, 4) is 0 Å². The summed E-state index contributed by atoms with van der Waals surface area (Å²) in [5, 5.41) is 9.41. The molecule has 1 aromatic heterocycles. The summed E-state index contributed by atoms with van der Waals surface area (Å²) in [6.07, 6.45) is 1.40. The summed E-state index contributed by atoms with van der Waals surface area (Å²) in [6.45, 7) is 5.78. The summed E-state index contributed by atoms with van der Waals surface area (Å²) in [5.41, 5.74) is 2.99. The minimum absolute atomic E-state index is 0.101. The maximum Gasteiger partial charge on any atom is 0.229 e. The lowest BCUT2D eigenvalue weighted by Gasteiger charge is -2.12. The Kier molecular flexibility index (Phi) is 4.38. The first-order chi connectivity index (χ1) is 11.5. The van der Waals surface area contributed by atoms with Crippen molar-refractivity contribution in [3.05, 3.63) is 41.2 Å².